The molecule has 0 spiro atoms. The molecule has 1 aromatic heterocycles. The van der Waals surface area contributed by atoms with E-state index in [0.717, 1.165) is 5.56 Å². The third-order valence-corrected chi connectivity index (χ3v) is 3.23. The predicted octanol–water partition coefficient (Wildman–Crippen LogP) is 2.73. The van der Waals surface area contributed by atoms with Crippen molar-refractivity contribution in [3.8, 4) is 5.88 Å². The van der Waals surface area contributed by atoms with Crippen LogP contribution >= 0.6 is 15.9 Å². The summed E-state index contributed by atoms with van der Waals surface area (Å²) in [5.41, 5.74) is 1.01. The van der Waals surface area contributed by atoms with Crippen molar-refractivity contribution in [2.24, 2.45) is 0 Å². The SMILES string of the molecule is Brc1cnc(OC2COC(c3ccccc3)OC2)cn1. The first-order valence-corrected chi connectivity index (χ1v) is 7.03. The Morgan fingerprint density at radius 3 is 2.45 bits per heavy atom. The molecule has 1 saturated heterocycles. The second-order valence-corrected chi connectivity index (χ2v) is 5.14. The van der Waals surface area contributed by atoms with Crippen molar-refractivity contribution < 1.29 is 14.2 Å². The average molecular weight is 337 g/mol. The summed E-state index contributed by atoms with van der Waals surface area (Å²) in [5.74, 6) is 0.462. The van der Waals surface area contributed by atoms with E-state index in [1.165, 1.54) is 0 Å². The van der Waals surface area contributed by atoms with E-state index in [1.54, 1.807) is 12.4 Å². The monoisotopic (exact) mass is 336 g/mol. The van der Waals surface area contributed by atoms with Crippen molar-refractivity contribution in [1.82, 2.24) is 9.97 Å². The highest BCUT2D eigenvalue weighted by atomic mass is 79.9. The van der Waals surface area contributed by atoms with Gasteiger partial charge in [-0.3, -0.25) is 0 Å². The second kappa shape index (κ2) is 6.30. The van der Waals surface area contributed by atoms with E-state index in [0.29, 0.717) is 23.7 Å². The van der Waals surface area contributed by atoms with E-state index in [2.05, 4.69) is 25.9 Å². The molecular weight excluding hydrogens is 324 g/mol. The lowest BCUT2D eigenvalue weighted by atomic mass is 10.2. The standard InChI is InChI=1S/C14H13BrN2O3/c15-12-6-17-13(7-16-12)20-11-8-18-14(19-9-11)10-4-2-1-3-5-10/h1-7,11,14H,8-9H2. The van der Waals surface area contributed by atoms with Crippen LogP contribution in [0.3, 0.4) is 0 Å². The van der Waals surface area contributed by atoms with Gasteiger partial charge in [0.15, 0.2) is 6.29 Å². The van der Waals surface area contributed by atoms with Gasteiger partial charge in [-0.1, -0.05) is 30.3 Å². The third kappa shape index (κ3) is 3.33. The van der Waals surface area contributed by atoms with Gasteiger partial charge in [-0.05, 0) is 15.9 Å². The van der Waals surface area contributed by atoms with Crippen LogP contribution in [0.2, 0.25) is 0 Å². The van der Waals surface area contributed by atoms with Crippen molar-refractivity contribution >= 4 is 15.9 Å². The van der Waals surface area contributed by atoms with Gasteiger partial charge >= 0.3 is 0 Å². The zero-order valence-corrected chi connectivity index (χ0v) is 12.2. The first-order valence-electron chi connectivity index (χ1n) is 6.23. The lowest BCUT2D eigenvalue weighted by Gasteiger charge is -2.29. The highest BCUT2D eigenvalue weighted by Crippen LogP contribution is 2.24. The van der Waals surface area contributed by atoms with Gasteiger partial charge in [-0.15, -0.1) is 0 Å². The van der Waals surface area contributed by atoms with Crippen LogP contribution in [0.4, 0.5) is 0 Å². The summed E-state index contributed by atoms with van der Waals surface area (Å²) in [4.78, 5) is 8.16. The maximum absolute atomic E-state index is 5.67. The Kier molecular flexibility index (Phi) is 4.25. The molecule has 0 atom stereocenters. The van der Waals surface area contributed by atoms with Gasteiger partial charge in [0.25, 0.3) is 0 Å². The fourth-order valence-corrected chi connectivity index (χ4v) is 2.09. The number of ether oxygens (including phenoxy) is 3. The zero-order chi connectivity index (χ0) is 13.8. The van der Waals surface area contributed by atoms with Crippen LogP contribution in [0.1, 0.15) is 11.9 Å². The number of nitrogens with zero attached hydrogens (tertiary/aromatic N) is 2. The molecule has 0 N–H and O–H groups in total. The Hall–Kier alpha value is -1.50. The Morgan fingerprint density at radius 1 is 1.05 bits per heavy atom. The Balaban J connectivity index is 1.55. The van der Waals surface area contributed by atoms with E-state index in [-0.39, 0.29) is 12.4 Å². The molecule has 3 rings (SSSR count). The molecular formula is C14H13BrN2O3. The van der Waals surface area contributed by atoms with Gasteiger partial charge in [0, 0.05) is 5.56 Å². The topological polar surface area (TPSA) is 53.5 Å². The summed E-state index contributed by atoms with van der Waals surface area (Å²) in [5, 5.41) is 0. The summed E-state index contributed by atoms with van der Waals surface area (Å²) in [7, 11) is 0. The molecule has 20 heavy (non-hydrogen) atoms. The summed E-state index contributed by atoms with van der Waals surface area (Å²) >= 11 is 3.23. The normalized spacial score (nSPS) is 22.4. The molecule has 104 valence electrons. The highest BCUT2D eigenvalue weighted by Gasteiger charge is 2.24. The van der Waals surface area contributed by atoms with Gasteiger partial charge in [0.2, 0.25) is 5.88 Å². The molecule has 0 radical (unpaired) electrons. The summed E-state index contributed by atoms with van der Waals surface area (Å²) in [6, 6.07) is 9.84. The maximum atomic E-state index is 5.67. The zero-order valence-electron chi connectivity index (χ0n) is 10.6. The molecule has 0 unspecified atom stereocenters. The van der Waals surface area contributed by atoms with Crippen LogP contribution < -0.4 is 4.74 Å². The second-order valence-electron chi connectivity index (χ2n) is 4.33. The van der Waals surface area contributed by atoms with Gasteiger partial charge in [0.1, 0.15) is 10.7 Å². The quantitative estimate of drug-likeness (QED) is 0.862. The fourth-order valence-electron chi connectivity index (χ4n) is 1.89. The largest absolute Gasteiger partial charge is 0.468 e. The van der Waals surface area contributed by atoms with Crippen LogP contribution in [-0.4, -0.2) is 29.3 Å². The lowest BCUT2D eigenvalue weighted by Crippen LogP contribution is -2.35. The molecule has 1 fully saturated rings. The van der Waals surface area contributed by atoms with Crippen LogP contribution in [0.25, 0.3) is 0 Å². The number of benzene rings is 1. The van der Waals surface area contributed by atoms with Crippen LogP contribution in [0.5, 0.6) is 5.88 Å². The molecule has 2 aromatic rings. The van der Waals surface area contributed by atoms with Crippen molar-refractivity contribution in [3.63, 3.8) is 0 Å². The van der Waals surface area contributed by atoms with Crippen LogP contribution in [-0.2, 0) is 9.47 Å². The van der Waals surface area contributed by atoms with Gasteiger partial charge in [-0.2, -0.15) is 0 Å². The Labute approximate surface area is 125 Å². The van der Waals surface area contributed by atoms with Crippen molar-refractivity contribution in [2.45, 2.75) is 12.4 Å². The smallest absolute Gasteiger partial charge is 0.232 e. The van der Waals surface area contributed by atoms with E-state index < -0.39 is 0 Å². The van der Waals surface area contributed by atoms with Crippen molar-refractivity contribution in [1.29, 1.82) is 0 Å². The Bertz CT molecular complexity index is 542. The Morgan fingerprint density at radius 2 is 1.80 bits per heavy atom. The molecule has 0 bridgehead atoms. The molecule has 1 aliphatic rings. The number of aromatic nitrogens is 2. The minimum Gasteiger partial charge on any atom is -0.468 e. The van der Waals surface area contributed by atoms with Crippen molar-refractivity contribution in [3.05, 3.63) is 52.9 Å². The van der Waals surface area contributed by atoms with Crippen LogP contribution in [0, 0.1) is 0 Å². The molecule has 2 heterocycles. The van der Waals surface area contributed by atoms with Gasteiger partial charge < -0.3 is 14.2 Å². The molecule has 1 aliphatic heterocycles. The molecule has 5 nitrogen and oxygen atoms in total. The fraction of sp³-hybridized carbons (Fsp3) is 0.286. The van der Waals surface area contributed by atoms with Gasteiger partial charge in [0.05, 0.1) is 25.6 Å². The average Bonchev–Trinajstić information content (AvgIpc) is 2.51. The number of hydrogen-bond acceptors (Lipinski definition) is 5. The van der Waals surface area contributed by atoms with E-state index >= 15 is 0 Å². The molecule has 0 amide bonds. The number of hydrogen-bond donors (Lipinski definition) is 0. The molecule has 1 aromatic carbocycles. The maximum Gasteiger partial charge on any atom is 0.232 e. The summed E-state index contributed by atoms with van der Waals surface area (Å²) in [6.07, 6.45) is 2.65. The summed E-state index contributed by atoms with van der Waals surface area (Å²) < 4.78 is 17.7. The van der Waals surface area contributed by atoms with Gasteiger partial charge in [-0.25, -0.2) is 9.97 Å². The van der Waals surface area contributed by atoms with Crippen molar-refractivity contribution in [2.75, 3.05) is 13.2 Å². The third-order valence-electron chi connectivity index (χ3n) is 2.82. The molecule has 0 saturated carbocycles. The van der Waals surface area contributed by atoms with E-state index in [9.17, 15) is 0 Å². The van der Waals surface area contributed by atoms with E-state index in [1.807, 2.05) is 30.3 Å². The first-order chi connectivity index (χ1) is 9.81. The summed E-state index contributed by atoms with van der Waals surface area (Å²) in [6.45, 7) is 0.911. The van der Waals surface area contributed by atoms with Crippen LogP contribution in [0.15, 0.2) is 47.3 Å². The number of halogens is 1. The highest BCUT2D eigenvalue weighted by molar-refractivity contribution is 9.10. The first kappa shape index (κ1) is 13.5. The minimum atomic E-state index is -0.327. The number of rotatable bonds is 3. The predicted molar refractivity (Wildman–Crippen MR) is 75.2 cm³/mol. The molecule has 6 heteroatoms. The van der Waals surface area contributed by atoms with E-state index in [4.69, 9.17) is 14.2 Å². The minimum absolute atomic E-state index is 0.176. The lowest BCUT2D eigenvalue weighted by molar-refractivity contribution is -0.216. The molecule has 0 aliphatic carbocycles.